The van der Waals surface area contributed by atoms with Gasteiger partial charge >= 0.3 is 24.8 Å². The number of carbonyl (C=O) groups is 1. The van der Waals surface area contributed by atoms with Crippen LogP contribution in [0, 0.1) is 0 Å². The Labute approximate surface area is 96.7 Å². The van der Waals surface area contributed by atoms with Gasteiger partial charge in [0.25, 0.3) is 0 Å². The van der Waals surface area contributed by atoms with E-state index in [-0.39, 0.29) is 24.6 Å². The molecule has 0 saturated carbocycles. The zero-order valence-electron chi connectivity index (χ0n) is 6.44. The third kappa shape index (κ3) is 1.93. The Morgan fingerprint density at radius 1 is 1.43 bits per heavy atom. The molecule has 1 N–H and O–H groups in total. The second-order valence-corrected chi connectivity index (χ2v) is 2.98. The summed E-state index contributed by atoms with van der Waals surface area (Å²) in [7, 11) is 0. The molecule has 0 radical (unpaired) electrons. The van der Waals surface area contributed by atoms with Crippen molar-refractivity contribution in [1.29, 1.82) is 0 Å². The Morgan fingerprint density at radius 2 is 2.14 bits per heavy atom. The van der Waals surface area contributed by atoms with Crippen LogP contribution in [-0.2, 0) is 0 Å². The van der Waals surface area contributed by atoms with E-state index in [1.807, 2.05) is 0 Å². The molecule has 0 fully saturated rings. The van der Waals surface area contributed by atoms with Gasteiger partial charge in [-0.3, -0.25) is 0 Å². The number of hydrogen-bond acceptors (Lipinski definition) is 2. The van der Waals surface area contributed by atoms with Gasteiger partial charge in [-0.15, -0.1) is 0 Å². The van der Waals surface area contributed by atoms with Crippen LogP contribution in [0.4, 0.5) is 0 Å². The van der Waals surface area contributed by atoms with Gasteiger partial charge in [0.15, 0.2) is 5.69 Å². The molecule has 68 valence electrons. The molecule has 0 saturated heterocycles. The summed E-state index contributed by atoms with van der Waals surface area (Å²) < 4.78 is 1.58. The molecule has 2 aromatic heterocycles. The van der Waals surface area contributed by atoms with Crippen LogP contribution in [0.1, 0.15) is 10.5 Å². The van der Waals surface area contributed by atoms with Crippen LogP contribution in [0.15, 0.2) is 24.5 Å². The Morgan fingerprint density at radius 3 is 2.79 bits per heavy atom. The fourth-order valence-corrected chi connectivity index (χ4v) is 1.24. The van der Waals surface area contributed by atoms with Gasteiger partial charge in [0, 0.05) is 12.4 Å². The quantitative estimate of drug-likeness (QED) is 0.706. The van der Waals surface area contributed by atoms with E-state index in [4.69, 9.17) is 16.7 Å². The van der Waals surface area contributed by atoms with E-state index < -0.39 is 5.97 Å². The molecule has 2 aromatic rings. The number of aromatic nitrogens is 2. The summed E-state index contributed by atoms with van der Waals surface area (Å²) in [4.78, 5) is 14.4. The third-order valence-corrected chi connectivity index (χ3v) is 1.86. The van der Waals surface area contributed by atoms with Crippen molar-refractivity contribution in [3.63, 3.8) is 0 Å². The summed E-state index contributed by atoms with van der Waals surface area (Å²) in [6, 6.07) is 3.32. The molecule has 0 spiro atoms. The fraction of sp³-hybridized carbons (Fsp3) is 0. The first kappa shape index (κ1) is 11.1. The van der Waals surface area contributed by atoms with Crippen LogP contribution in [0.2, 0.25) is 5.02 Å². The van der Waals surface area contributed by atoms with Crippen LogP contribution in [0.3, 0.4) is 0 Å². The summed E-state index contributed by atoms with van der Waals surface area (Å²) in [6.07, 6.45) is 3.03. The number of halogens is 1. The van der Waals surface area contributed by atoms with E-state index in [9.17, 15) is 4.79 Å². The fourth-order valence-electron chi connectivity index (χ4n) is 1.07. The van der Waals surface area contributed by atoms with Crippen molar-refractivity contribution < 1.29 is 9.90 Å². The number of hydrogen-bond donors (Lipinski definition) is 1. The molecule has 2 rings (SSSR count). The van der Waals surface area contributed by atoms with Crippen molar-refractivity contribution >= 4 is 42.1 Å². The molecule has 4 nitrogen and oxygen atoms in total. The number of aromatic carboxylic acids is 1. The van der Waals surface area contributed by atoms with E-state index in [2.05, 4.69) is 4.98 Å². The van der Waals surface area contributed by atoms with Gasteiger partial charge in [-0.1, -0.05) is 11.6 Å². The van der Waals surface area contributed by atoms with E-state index >= 15 is 0 Å². The maximum absolute atomic E-state index is 10.5. The molecular weight excluding hydrogens is 198 g/mol. The molecule has 0 aliphatic heterocycles. The Hall–Kier alpha value is -0.953. The standard InChI is InChI=1S/C8H5ClN2O2.Li.H/c9-5-1-2-7-10-6(8(12)13)4-11(7)3-5;;/h1-4H,(H,12,13);;. The summed E-state index contributed by atoms with van der Waals surface area (Å²) >= 11 is 5.71. The Bertz CT molecular complexity index is 483. The van der Waals surface area contributed by atoms with Crippen molar-refractivity contribution in [2.75, 3.05) is 0 Å². The molecule has 0 unspecified atom stereocenters. The van der Waals surface area contributed by atoms with Gasteiger partial charge in [-0.05, 0) is 12.1 Å². The molecular formula is C8H6ClLiN2O2. The first-order valence-electron chi connectivity index (χ1n) is 3.54. The van der Waals surface area contributed by atoms with E-state index in [1.165, 1.54) is 6.20 Å². The van der Waals surface area contributed by atoms with Gasteiger partial charge in [0.05, 0.1) is 5.02 Å². The zero-order chi connectivity index (χ0) is 9.42. The van der Waals surface area contributed by atoms with Crippen LogP contribution in [0.5, 0.6) is 0 Å². The molecule has 0 atom stereocenters. The number of carboxylic acid groups (broad SMARTS) is 1. The number of fused-ring (bicyclic) bond motifs is 1. The van der Waals surface area contributed by atoms with Crippen molar-refractivity contribution in [2.45, 2.75) is 0 Å². The summed E-state index contributed by atoms with van der Waals surface area (Å²) in [6.45, 7) is 0. The van der Waals surface area contributed by atoms with Gasteiger partial charge < -0.3 is 9.51 Å². The maximum atomic E-state index is 10.5. The molecule has 6 heteroatoms. The van der Waals surface area contributed by atoms with Crippen LogP contribution < -0.4 is 0 Å². The van der Waals surface area contributed by atoms with Crippen LogP contribution in [-0.4, -0.2) is 39.3 Å². The summed E-state index contributed by atoms with van der Waals surface area (Å²) in [5.41, 5.74) is 0.587. The third-order valence-electron chi connectivity index (χ3n) is 1.63. The number of imidazole rings is 1. The molecule has 0 aliphatic rings. The molecule has 2 heterocycles. The predicted octanol–water partition coefficient (Wildman–Crippen LogP) is 1.04. The molecule has 14 heavy (non-hydrogen) atoms. The first-order chi connectivity index (χ1) is 6.16. The second-order valence-electron chi connectivity index (χ2n) is 2.54. The van der Waals surface area contributed by atoms with Gasteiger partial charge in [0.1, 0.15) is 5.65 Å². The predicted molar refractivity (Wildman–Crippen MR) is 54.3 cm³/mol. The molecule has 0 bridgehead atoms. The summed E-state index contributed by atoms with van der Waals surface area (Å²) in [5, 5.41) is 9.19. The number of carboxylic acids is 1. The van der Waals surface area contributed by atoms with Crippen LogP contribution >= 0.6 is 11.6 Å². The zero-order valence-corrected chi connectivity index (χ0v) is 7.19. The minimum atomic E-state index is -1.04. The second kappa shape index (κ2) is 4.05. The van der Waals surface area contributed by atoms with Crippen LogP contribution in [0.25, 0.3) is 5.65 Å². The van der Waals surface area contributed by atoms with Crippen molar-refractivity contribution in [3.05, 3.63) is 35.2 Å². The van der Waals surface area contributed by atoms with Gasteiger partial charge in [0.2, 0.25) is 0 Å². The van der Waals surface area contributed by atoms with Crippen molar-refractivity contribution in [2.24, 2.45) is 0 Å². The van der Waals surface area contributed by atoms with E-state index in [0.29, 0.717) is 10.7 Å². The molecule has 0 aromatic carbocycles. The van der Waals surface area contributed by atoms with Gasteiger partial charge in [-0.2, -0.15) is 0 Å². The van der Waals surface area contributed by atoms with E-state index in [0.717, 1.165) is 0 Å². The van der Waals surface area contributed by atoms with Gasteiger partial charge in [-0.25, -0.2) is 9.78 Å². The molecule has 0 amide bonds. The normalized spacial score (nSPS) is 9.79. The average Bonchev–Trinajstić information content (AvgIpc) is 2.46. The summed E-state index contributed by atoms with van der Waals surface area (Å²) in [5.74, 6) is -1.04. The Balaban J connectivity index is 0.000000980. The Kier molecular flexibility index (Phi) is 3.22. The average molecular weight is 205 g/mol. The SMILES string of the molecule is O=C(O)c1cn2cc(Cl)ccc2n1.[LiH]. The van der Waals surface area contributed by atoms with Crippen molar-refractivity contribution in [1.82, 2.24) is 9.38 Å². The minimum absolute atomic E-state index is 0. The molecule has 0 aliphatic carbocycles. The number of nitrogens with zero attached hydrogens (tertiary/aromatic N) is 2. The number of pyridine rings is 1. The monoisotopic (exact) mass is 204 g/mol. The topological polar surface area (TPSA) is 54.6 Å². The van der Waals surface area contributed by atoms with E-state index in [1.54, 1.807) is 22.7 Å². The number of rotatable bonds is 1. The first-order valence-corrected chi connectivity index (χ1v) is 3.92. The van der Waals surface area contributed by atoms with Crippen molar-refractivity contribution in [3.8, 4) is 0 Å².